The van der Waals surface area contributed by atoms with Crippen LogP contribution in [0.25, 0.3) is 11.8 Å². The number of thioether (sulfide) groups is 1. The maximum atomic E-state index is 14.0. The predicted octanol–water partition coefficient (Wildman–Crippen LogP) is 4.60. The van der Waals surface area contributed by atoms with Crippen molar-refractivity contribution >= 4 is 46.8 Å². The van der Waals surface area contributed by atoms with E-state index in [1.54, 1.807) is 60.5 Å². The maximum Gasteiger partial charge on any atom is 0.344 e. The summed E-state index contributed by atoms with van der Waals surface area (Å²) in [7, 11) is 0. The molecule has 5 rings (SSSR count). The van der Waals surface area contributed by atoms with E-state index in [2.05, 4.69) is 0 Å². The molecule has 43 heavy (non-hydrogen) atoms. The summed E-state index contributed by atoms with van der Waals surface area (Å²) in [5, 5.41) is 0. The highest BCUT2D eigenvalue weighted by molar-refractivity contribution is 7.98. The van der Waals surface area contributed by atoms with Gasteiger partial charge in [-0.3, -0.25) is 9.36 Å². The molecule has 1 atom stereocenters. The van der Waals surface area contributed by atoms with Crippen molar-refractivity contribution in [3.8, 4) is 5.75 Å². The number of hydrogen-bond acceptors (Lipinski definition) is 9. The van der Waals surface area contributed by atoms with E-state index in [4.69, 9.17) is 19.2 Å². The van der Waals surface area contributed by atoms with Gasteiger partial charge in [0.05, 0.1) is 35.1 Å². The summed E-state index contributed by atoms with van der Waals surface area (Å²) in [6, 6.07) is 23.6. The van der Waals surface area contributed by atoms with Gasteiger partial charge in [-0.2, -0.15) is 0 Å². The number of thiazole rings is 1. The predicted molar refractivity (Wildman–Crippen MR) is 168 cm³/mol. The molecule has 0 aliphatic carbocycles. The van der Waals surface area contributed by atoms with Crippen molar-refractivity contribution in [3.63, 3.8) is 0 Å². The Bertz CT molecular complexity index is 1830. The van der Waals surface area contributed by atoms with E-state index in [0.717, 1.165) is 21.6 Å². The van der Waals surface area contributed by atoms with Crippen LogP contribution in [0.1, 0.15) is 36.6 Å². The van der Waals surface area contributed by atoms with E-state index < -0.39 is 18.0 Å². The van der Waals surface area contributed by atoms with Crippen LogP contribution in [0.15, 0.2) is 99.1 Å². The van der Waals surface area contributed by atoms with E-state index in [1.165, 1.54) is 11.3 Å². The fourth-order valence-corrected chi connectivity index (χ4v) is 6.11. The van der Waals surface area contributed by atoms with Crippen LogP contribution in [0.4, 0.5) is 0 Å². The Hall–Kier alpha value is -4.41. The maximum absolute atomic E-state index is 14.0. The second-order valence-electron chi connectivity index (χ2n) is 9.37. The summed E-state index contributed by atoms with van der Waals surface area (Å²) in [5.41, 5.74) is 2.83. The van der Waals surface area contributed by atoms with Gasteiger partial charge >= 0.3 is 11.9 Å². The zero-order valence-corrected chi connectivity index (χ0v) is 25.6. The average molecular weight is 615 g/mol. The summed E-state index contributed by atoms with van der Waals surface area (Å²) in [5.74, 6) is -0.453. The van der Waals surface area contributed by atoms with Crippen LogP contribution in [-0.2, 0) is 19.1 Å². The lowest BCUT2D eigenvalue weighted by molar-refractivity contribution is -0.145. The van der Waals surface area contributed by atoms with Crippen LogP contribution in [0.5, 0.6) is 5.75 Å². The van der Waals surface area contributed by atoms with Crippen molar-refractivity contribution in [2.75, 3.05) is 26.1 Å². The quantitative estimate of drug-likeness (QED) is 0.190. The molecule has 0 bridgehead atoms. The molecule has 10 heteroatoms. The summed E-state index contributed by atoms with van der Waals surface area (Å²) < 4.78 is 17.9. The van der Waals surface area contributed by atoms with Gasteiger partial charge in [-0.15, -0.1) is 11.8 Å². The molecular formula is C33H30N2O6S2. The molecule has 0 saturated heterocycles. The molecule has 4 aromatic rings. The van der Waals surface area contributed by atoms with Crippen molar-refractivity contribution in [1.82, 2.24) is 4.57 Å². The van der Waals surface area contributed by atoms with E-state index in [1.807, 2.05) is 60.9 Å². The molecule has 0 radical (unpaired) electrons. The van der Waals surface area contributed by atoms with E-state index in [0.29, 0.717) is 26.4 Å². The molecule has 3 aromatic carbocycles. The summed E-state index contributed by atoms with van der Waals surface area (Å²) >= 11 is 2.87. The molecule has 0 saturated carbocycles. The molecule has 0 unspecified atom stereocenters. The molecular weight excluding hydrogens is 585 g/mol. The van der Waals surface area contributed by atoms with E-state index in [-0.39, 0.29) is 25.4 Å². The Morgan fingerprint density at radius 1 is 0.953 bits per heavy atom. The molecule has 2 heterocycles. The SMILES string of the molecule is CCOC(=O)COc1ccc(/C=c2\sc3n(c2=O)[C@@H](c2ccc(SC)cc2)C(C(=O)OCC)=C(c2ccccc2)N=3)cc1. The zero-order chi connectivity index (χ0) is 30.3. The lowest BCUT2D eigenvalue weighted by Crippen LogP contribution is -2.40. The first-order chi connectivity index (χ1) is 20.9. The van der Waals surface area contributed by atoms with Gasteiger partial charge in [-0.05, 0) is 61.6 Å². The molecule has 1 aliphatic heterocycles. The van der Waals surface area contributed by atoms with Crippen LogP contribution < -0.4 is 19.6 Å². The van der Waals surface area contributed by atoms with Gasteiger partial charge in [0.15, 0.2) is 11.4 Å². The summed E-state index contributed by atoms with van der Waals surface area (Å²) in [6.07, 6.45) is 3.78. The van der Waals surface area contributed by atoms with Gasteiger partial charge in [0.1, 0.15) is 5.75 Å². The second kappa shape index (κ2) is 13.7. The number of carbonyl (C=O) groups is 2. The molecule has 220 valence electrons. The lowest BCUT2D eigenvalue weighted by Gasteiger charge is -2.26. The second-order valence-corrected chi connectivity index (χ2v) is 11.3. The summed E-state index contributed by atoms with van der Waals surface area (Å²) in [4.78, 5) is 45.6. The number of aromatic nitrogens is 1. The molecule has 0 amide bonds. The average Bonchev–Trinajstić information content (AvgIpc) is 3.34. The molecule has 0 N–H and O–H groups in total. The molecule has 0 spiro atoms. The normalized spacial score (nSPS) is 14.6. The van der Waals surface area contributed by atoms with Gasteiger partial charge in [0.2, 0.25) is 0 Å². The first-order valence-corrected chi connectivity index (χ1v) is 15.8. The van der Waals surface area contributed by atoms with E-state index >= 15 is 0 Å². The van der Waals surface area contributed by atoms with Crippen molar-refractivity contribution in [2.24, 2.45) is 4.99 Å². The number of carbonyl (C=O) groups excluding carboxylic acids is 2. The number of fused-ring (bicyclic) bond motifs is 1. The smallest absolute Gasteiger partial charge is 0.344 e. The number of nitrogens with zero attached hydrogens (tertiary/aromatic N) is 2. The van der Waals surface area contributed by atoms with Crippen LogP contribution in [0, 0.1) is 0 Å². The number of rotatable bonds is 10. The number of esters is 2. The minimum atomic E-state index is -0.734. The number of ether oxygens (including phenoxy) is 3. The van der Waals surface area contributed by atoms with Gasteiger partial charge in [0.25, 0.3) is 5.56 Å². The minimum Gasteiger partial charge on any atom is -0.482 e. The van der Waals surface area contributed by atoms with Crippen LogP contribution in [0.3, 0.4) is 0 Å². The molecule has 8 nitrogen and oxygen atoms in total. The van der Waals surface area contributed by atoms with Crippen LogP contribution in [-0.4, -0.2) is 42.6 Å². The Labute approximate surface area is 257 Å². The topological polar surface area (TPSA) is 96.2 Å². The Morgan fingerprint density at radius 2 is 1.65 bits per heavy atom. The fraction of sp³-hybridized carbons (Fsp3) is 0.212. The third-order valence-electron chi connectivity index (χ3n) is 6.65. The first-order valence-electron chi connectivity index (χ1n) is 13.7. The van der Waals surface area contributed by atoms with Crippen molar-refractivity contribution in [3.05, 3.63) is 121 Å². The van der Waals surface area contributed by atoms with E-state index in [9.17, 15) is 14.4 Å². The third kappa shape index (κ3) is 6.65. The standard InChI is InChI=1S/C33H30N2O6S2/c1-4-39-27(36)20-41-24-15-11-21(12-16-24)19-26-31(37)35-30(23-13-17-25(42-3)18-14-23)28(32(38)40-5-2)29(34-33(35)43-26)22-9-7-6-8-10-22/h6-19,30H,4-5,20H2,1-3H3/b26-19-/t30-/m0/s1. The van der Waals surface area contributed by atoms with Gasteiger partial charge < -0.3 is 14.2 Å². The number of hydrogen-bond donors (Lipinski definition) is 0. The highest BCUT2D eigenvalue weighted by Gasteiger charge is 2.35. The van der Waals surface area contributed by atoms with Gasteiger partial charge in [0, 0.05) is 10.5 Å². The Morgan fingerprint density at radius 3 is 2.30 bits per heavy atom. The zero-order valence-electron chi connectivity index (χ0n) is 23.9. The third-order valence-corrected chi connectivity index (χ3v) is 8.37. The lowest BCUT2D eigenvalue weighted by atomic mass is 9.93. The van der Waals surface area contributed by atoms with Gasteiger partial charge in [-0.1, -0.05) is 65.9 Å². The number of benzene rings is 3. The Balaban J connectivity index is 1.63. The van der Waals surface area contributed by atoms with Crippen molar-refractivity contribution in [2.45, 2.75) is 24.8 Å². The largest absolute Gasteiger partial charge is 0.482 e. The van der Waals surface area contributed by atoms with Crippen LogP contribution >= 0.6 is 23.1 Å². The monoisotopic (exact) mass is 614 g/mol. The van der Waals surface area contributed by atoms with Crippen molar-refractivity contribution in [1.29, 1.82) is 0 Å². The molecule has 0 fully saturated rings. The summed E-state index contributed by atoms with van der Waals surface area (Å²) in [6.45, 7) is 3.78. The highest BCUT2D eigenvalue weighted by atomic mass is 32.2. The first kappa shape index (κ1) is 30.1. The van der Waals surface area contributed by atoms with Gasteiger partial charge in [-0.25, -0.2) is 14.6 Å². The highest BCUT2D eigenvalue weighted by Crippen LogP contribution is 2.35. The van der Waals surface area contributed by atoms with Crippen LogP contribution in [0.2, 0.25) is 0 Å². The Kier molecular flexibility index (Phi) is 9.58. The fourth-order valence-electron chi connectivity index (χ4n) is 4.70. The molecule has 1 aromatic heterocycles. The molecule has 1 aliphatic rings. The minimum absolute atomic E-state index is 0.184. The van der Waals surface area contributed by atoms with Crippen molar-refractivity contribution < 1.29 is 23.8 Å².